The summed E-state index contributed by atoms with van der Waals surface area (Å²) < 4.78 is 5.53. The van der Waals surface area contributed by atoms with Crippen LogP contribution in [0.5, 0.6) is 5.75 Å². The monoisotopic (exact) mass is 340 g/mol. The number of aliphatic hydroxyl groups excluding tert-OH is 1. The van der Waals surface area contributed by atoms with E-state index in [9.17, 15) is 9.90 Å². The minimum atomic E-state index is -0.495. The Bertz CT molecular complexity index is 655. The number of aliphatic hydroxyl groups is 1. The Labute approximate surface area is 148 Å². The Hall–Kier alpha value is -2.37. The van der Waals surface area contributed by atoms with E-state index in [4.69, 9.17) is 4.74 Å². The maximum Gasteiger partial charge on any atom is 0.260 e. The summed E-state index contributed by atoms with van der Waals surface area (Å²) in [5.74, 6) is 0.715. The van der Waals surface area contributed by atoms with Crippen LogP contribution in [0.2, 0.25) is 0 Å². The number of nitrogens with zero attached hydrogens (tertiary/aromatic N) is 2. The van der Waals surface area contributed by atoms with Gasteiger partial charge in [-0.05, 0) is 17.7 Å². The standard InChI is InChI=1S/C20H24N2O3/c23-19(17-7-3-1-4-8-17)15-21-11-13-22(14-12-21)20(24)16-25-18-9-5-2-6-10-18/h1-10,19,23H,11-16H2. The number of amides is 1. The number of benzene rings is 2. The van der Waals surface area contributed by atoms with Gasteiger partial charge in [0.1, 0.15) is 5.75 Å². The van der Waals surface area contributed by atoms with Crippen molar-refractivity contribution in [1.29, 1.82) is 0 Å². The first-order valence-corrected chi connectivity index (χ1v) is 8.63. The van der Waals surface area contributed by atoms with Crippen LogP contribution in [0, 0.1) is 0 Å². The molecule has 0 aromatic heterocycles. The highest BCUT2D eigenvalue weighted by Gasteiger charge is 2.23. The van der Waals surface area contributed by atoms with E-state index in [1.165, 1.54) is 0 Å². The van der Waals surface area contributed by atoms with Crippen molar-refractivity contribution in [2.24, 2.45) is 0 Å². The van der Waals surface area contributed by atoms with Crippen molar-refractivity contribution in [2.45, 2.75) is 6.10 Å². The van der Waals surface area contributed by atoms with Crippen molar-refractivity contribution in [3.8, 4) is 5.75 Å². The Morgan fingerprint density at radius 2 is 1.56 bits per heavy atom. The predicted octanol–water partition coefficient (Wildman–Crippen LogP) is 1.94. The maximum atomic E-state index is 12.3. The molecule has 5 nitrogen and oxygen atoms in total. The molecule has 3 rings (SSSR count). The molecule has 2 aromatic rings. The van der Waals surface area contributed by atoms with Gasteiger partial charge in [-0.2, -0.15) is 0 Å². The second kappa shape index (κ2) is 8.65. The Morgan fingerprint density at radius 1 is 0.960 bits per heavy atom. The number of rotatable bonds is 6. The van der Waals surface area contributed by atoms with E-state index in [1.807, 2.05) is 65.6 Å². The van der Waals surface area contributed by atoms with Crippen LogP contribution in [-0.2, 0) is 4.79 Å². The van der Waals surface area contributed by atoms with Gasteiger partial charge in [-0.25, -0.2) is 0 Å². The summed E-state index contributed by atoms with van der Waals surface area (Å²) in [7, 11) is 0. The summed E-state index contributed by atoms with van der Waals surface area (Å²) in [6, 6.07) is 19.1. The minimum Gasteiger partial charge on any atom is -0.484 e. The molecule has 1 N–H and O–H groups in total. The lowest BCUT2D eigenvalue weighted by molar-refractivity contribution is -0.135. The van der Waals surface area contributed by atoms with E-state index >= 15 is 0 Å². The largest absolute Gasteiger partial charge is 0.484 e. The molecule has 1 saturated heterocycles. The number of β-amino-alcohol motifs (C(OH)–C–C–N with tert-alkyl or cyclic N) is 1. The molecule has 5 heteroatoms. The number of piperazine rings is 1. The Balaban J connectivity index is 1.41. The highest BCUT2D eigenvalue weighted by molar-refractivity contribution is 5.77. The average molecular weight is 340 g/mol. The van der Waals surface area contributed by atoms with Crippen LogP contribution in [0.4, 0.5) is 0 Å². The molecule has 0 radical (unpaired) electrons. The second-order valence-corrected chi connectivity index (χ2v) is 6.21. The lowest BCUT2D eigenvalue weighted by Gasteiger charge is -2.35. The van der Waals surface area contributed by atoms with Gasteiger partial charge in [-0.1, -0.05) is 48.5 Å². The first kappa shape index (κ1) is 17.5. The van der Waals surface area contributed by atoms with Gasteiger partial charge in [0.15, 0.2) is 6.61 Å². The number of hydrogen-bond acceptors (Lipinski definition) is 4. The summed E-state index contributed by atoms with van der Waals surface area (Å²) in [4.78, 5) is 16.3. The van der Waals surface area contributed by atoms with E-state index < -0.39 is 6.10 Å². The summed E-state index contributed by atoms with van der Waals surface area (Å²) in [6.07, 6.45) is -0.495. The van der Waals surface area contributed by atoms with Gasteiger partial charge in [-0.3, -0.25) is 9.69 Å². The van der Waals surface area contributed by atoms with Crippen molar-refractivity contribution in [1.82, 2.24) is 9.80 Å². The highest BCUT2D eigenvalue weighted by Crippen LogP contribution is 2.15. The number of ether oxygens (including phenoxy) is 1. The molecule has 1 fully saturated rings. The van der Waals surface area contributed by atoms with Gasteiger partial charge >= 0.3 is 0 Å². The van der Waals surface area contributed by atoms with Gasteiger partial charge in [0.05, 0.1) is 6.10 Å². The molecule has 2 aromatic carbocycles. The molecule has 0 aliphatic carbocycles. The van der Waals surface area contributed by atoms with Crippen LogP contribution in [0.15, 0.2) is 60.7 Å². The normalized spacial score (nSPS) is 16.4. The molecular weight excluding hydrogens is 316 g/mol. The third-order valence-corrected chi connectivity index (χ3v) is 4.45. The van der Waals surface area contributed by atoms with E-state index in [0.29, 0.717) is 25.4 Å². The van der Waals surface area contributed by atoms with Gasteiger partial charge in [0.25, 0.3) is 5.91 Å². The molecule has 0 saturated carbocycles. The molecule has 0 bridgehead atoms. The fourth-order valence-corrected chi connectivity index (χ4v) is 2.96. The third kappa shape index (κ3) is 5.05. The molecule has 1 aliphatic rings. The van der Waals surface area contributed by atoms with Gasteiger partial charge in [0, 0.05) is 32.7 Å². The lowest BCUT2D eigenvalue weighted by Crippen LogP contribution is -2.50. The molecule has 132 valence electrons. The van der Waals surface area contributed by atoms with Crippen LogP contribution in [0.25, 0.3) is 0 Å². The van der Waals surface area contributed by atoms with Crippen LogP contribution >= 0.6 is 0 Å². The zero-order chi connectivity index (χ0) is 17.5. The number of hydrogen-bond donors (Lipinski definition) is 1. The van der Waals surface area contributed by atoms with Crippen LogP contribution in [-0.4, -0.2) is 60.1 Å². The summed E-state index contributed by atoms with van der Waals surface area (Å²) in [5.41, 5.74) is 0.928. The molecule has 0 spiro atoms. The lowest BCUT2D eigenvalue weighted by atomic mass is 10.1. The van der Waals surface area contributed by atoms with Crippen molar-refractivity contribution in [3.05, 3.63) is 66.2 Å². The van der Waals surface area contributed by atoms with E-state index in [1.54, 1.807) is 0 Å². The Kier molecular flexibility index (Phi) is 6.04. The molecule has 25 heavy (non-hydrogen) atoms. The van der Waals surface area contributed by atoms with E-state index in [2.05, 4.69) is 4.90 Å². The summed E-state index contributed by atoms with van der Waals surface area (Å²) in [5, 5.41) is 10.3. The average Bonchev–Trinajstić information content (AvgIpc) is 2.68. The SMILES string of the molecule is O=C(COc1ccccc1)N1CCN(CC(O)c2ccccc2)CC1. The van der Waals surface area contributed by atoms with E-state index in [0.717, 1.165) is 18.7 Å². The van der Waals surface area contributed by atoms with Gasteiger partial charge < -0.3 is 14.7 Å². The van der Waals surface area contributed by atoms with Crippen molar-refractivity contribution in [3.63, 3.8) is 0 Å². The van der Waals surface area contributed by atoms with E-state index in [-0.39, 0.29) is 12.5 Å². The molecule has 1 unspecified atom stereocenters. The fraction of sp³-hybridized carbons (Fsp3) is 0.350. The topological polar surface area (TPSA) is 53.0 Å². The zero-order valence-electron chi connectivity index (χ0n) is 14.3. The molecule has 1 heterocycles. The summed E-state index contributed by atoms with van der Waals surface area (Å²) in [6.45, 7) is 3.52. The fourth-order valence-electron chi connectivity index (χ4n) is 2.96. The first-order chi connectivity index (χ1) is 12.2. The molecular formula is C20H24N2O3. The Morgan fingerprint density at radius 3 is 2.20 bits per heavy atom. The maximum absolute atomic E-state index is 12.3. The van der Waals surface area contributed by atoms with Gasteiger partial charge in [-0.15, -0.1) is 0 Å². The van der Waals surface area contributed by atoms with Crippen LogP contribution in [0.1, 0.15) is 11.7 Å². The molecule has 1 atom stereocenters. The van der Waals surface area contributed by atoms with Gasteiger partial charge in [0.2, 0.25) is 0 Å². The highest BCUT2D eigenvalue weighted by atomic mass is 16.5. The first-order valence-electron chi connectivity index (χ1n) is 8.63. The van der Waals surface area contributed by atoms with Crippen molar-refractivity contribution < 1.29 is 14.6 Å². The molecule has 1 amide bonds. The van der Waals surface area contributed by atoms with Crippen LogP contribution < -0.4 is 4.74 Å². The van der Waals surface area contributed by atoms with Crippen LogP contribution in [0.3, 0.4) is 0 Å². The van der Waals surface area contributed by atoms with Crippen molar-refractivity contribution in [2.75, 3.05) is 39.3 Å². The number of carbonyl (C=O) groups excluding carboxylic acids is 1. The zero-order valence-corrected chi connectivity index (χ0v) is 14.3. The second-order valence-electron chi connectivity index (χ2n) is 6.21. The quantitative estimate of drug-likeness (QED) is 0.873. The minimum absolute atomic E-state index is 0.00658. The summed E-state index contributed by atoms with van der Waals surface area (Å²) >= 11 is 0. The van der Waals surface area contributed by atoms with Crippen molar-refractivity contribution >= 4 is 5.91 Å². The number of carbonyl (C=O) groups is 1. The predicted molar refractivity (Wildman–Crippen MR) is 96.4 cm³/mol. The smallest absolute Gasteiger partial charge is 0.260 e. The number of para-hydroxylation sites is 1. The molecule has 1 aliphatic heterocycles. The third-order valence-electron chi connectivity index (χ3n) is 4.45.